The minimum absolute atomic E-state index is 0.374. The van der Waals surface area contributed by atoms with Gasteiger partial charge < -0.3 is 10.5 Å². The Morgan fingerprint density at radius 1 is 1.00 bits per heavy atom. The molecule has 2 rings (SSSR count). The van der Waals surface area contributed by atoms with E-state index in [1.54, 1.807) is 0 Å². The van der Waals surface area contributed by atoms with Crippen LogP contribution in [0.3, 0.4) is 0 Å². The van der Waals surface area contributed by atoms with Crippen molar-refractivity contribution in [3.63, 3.8) is 0 Å². The number of hydrogen-bond acceptors (Lipinski definition) is 3. The Labute approximate surface area is 150 Å². The average molecular weight is 337 g/mol. The molecule has 0 aliphatic rings. The van der Waals surface area contributed by atoms with Gasteiger partial charge in [0.1, 0.15) is 11.1 Å². The van der Waals surface area contributed by atoms with Crippen LogP contribution in [0.25, 0.3) is 6.08 Å². The van der Waals surface area contributed by atoms with Crippen molar-refractivity contribution >= 4 is 12.0 Å². The topological polar surface area (TPSA) is 52.3 Å². The van der Waals surface area contributed by atoms with Gasteiger partial charge in [-0.15, -0.1) is 0 Å². The van der Waals surface area contributed by atoms with E-state index < -0.39 is 11.1 Å². The Hall–Kier alpha value is -2.39. The van der Waals surface area contributed by atoms with Gasteiger partial charge in [0, 0.05) is 6.42 Å². The van der Waals surface area contributed by atoms with Crippen molar-refractivity contribution in [2.45, 2.75) is 44.8 Å². The first-order chi connectivity index (χ1) is 11.8. The van der Waals surface area contributed by atoms with Crippen LogP contribution in [-0.2, 0) is 16.0 Å². The molecule has 0 aliphatic carbocycles. The van der Waals surface area contributed by atoms with Crippen molar-refractivity contribution in [2.75, 3.05) is 0 Å². The lowest BCUT2D eigenvalue weighted by atomic mass is 9.88. The van der Waals surface area contributed by atoms with E-state index in [0.29, 0.717) is 12.8 Å². The lowest BCUT2D eigenvalue weighted by Gasteiger charge is -2.30. The standard InChI is InChI=1S/C22H27NO2/c1-21(2,3)25-20(24)22(23,17-19-13-8-5-9-14-19)16-10-15-18-11-6-4-7-12-18/h4-15H,16-17,23H2,1-3H3/b15-10+/t22-/m0/s1. The van der Waals surface area contributed by atoms with Crippen LogP contribution in [0.1, 0.15) is 38.3 Å². The molecule has 0 bridgehead atoms. The van der Waals surface area contributed by atoms with Crippen molar-refractivity contribution in [3.05, 3.63) is 77.9 Å². The smallest absolute Gasteiger partial charge is 0.327 e. The van der Waals surface area contributed by atoms with Gasteiger partial charge in [-0.25, -0.2) is 0 Å². The molecule has 0 amide bonds. The summed E-state index contributed by atoms with van der Waals surface area (Å²) in [6.45, 7) is 5.56. The summed E-state index contributed by atoms with van der Waals surface area (Å²) in [5, 5.41) is 0. The second-order valence-electron chi connectivity index (χ2n) is 7.34. The van der Waals surface area contributed by atoms with E-state index in [4.69, 9.17) is 10.5 Å². The number of benzene rings is 2. The van der Waals surface area contributed by atoms with Gasteiger partial charge in [0.15, 0.2) is 0 Å². The summed E-state index contributed by atoms with van der Waals surface area (Å²) in [6.07, 6.45) is 4.77. The van der Waals surface area contributed by atoms with E-state index in [1.165, 1.54) is 0 Å². The van der Waals surface area contributed by atoms with Crippen LogP contribution >= 0.6 is 0 Å². The number of ether oxygens (including phenoxy) is 1. The van der Waals surface area contributed by atoms with E-state index in [-0.39, 0.29) is 5.97 Å². The summed E-state index contributed by atoms with van der Waals surface area (Å²) in [5.41, 5.74) is 6.95. The maximum absolute atomic E-state index is 12.7. The third-order valence-corrected chi connectivity index (χ3v) is 3.76. The number of nitrogens with two attached hydrogens (primary N) is 1. The summed E-state index contributed by atoms with van der Waals surface area (Å²) in [5.74, 6) is -0.374. The molecule has 0 heterocycles. The molecule has 3 heteroatoms. The SMILES string of the molecule is CC(C)(C)OC(=O)[C@](N)(C/C=C/c1ccccc1)Cc1ccccc1. The number of carbonyl (C=O) groups is 1. The van der Waals surface area contributed by atoms with Crippen LogP contribution in [0.2, 0.25) is 0 Å². The second kappa shape index (κ2) is 8.13. The molecule has 25 heavy (non-hydrogen) atoms. The van der Waals surface area contributed by atoms with Gasteiger partial charge in [-0.2, -0.15) is 0 Å². The lowest BCUT2D eigenvalue weighted by Crippen LogP contribution is -2.52. The van der Waals surface area contributed by atoms with Crippen molar-refractivity contribution in [2.24, 2.45) is 5.73 Å². The molecule has 2 aromatic carbocycles. The highest BCUT2D eigenvalue weighted by molar-refractivity contribution is 5.82. The van der Waals surface area contributed by atoms with Crippen LogP contribution in [0, 0.1) is 0 Å². The molecule has 0 saturated carbocycles. The first-order valence-electron chi connectivity index (χ1n) is 8.56. The minimum Gasteiger partial charge on any atom is -0.459 e. The fourth-order valence-electron chi connectivity index (χ4n) is 2.54. The molecule has 0 radical (unpaired) electrons. The van der Waals surface area contributed by atoms with Crippen molar-refractivity contribution in [3.8, 4) is 0 Å². The monoisotopic (exact) mass is 337 g/mol. The highest BCUT2D eigenvalue weighted by Crippen LogP contribution is 2.21. The summed E-state index contributed by atoms with van der Waals surface area (Å²) in [7, 11) is 0. The fraction of sp³-hybridized carbons (Fsp3) is 0.318. The van der Waals surface area contributed by atoms with Crippen LogP contribution < -0.4 is 5.73 Å². The highest BCUT2D eigenvalue weighted by atomic mass is 16.6. The quantitative estimate of drug-likeness (QED) is 0.796. The van der Waals surface area contributed by atoms with Gasteiger partial charge in [-0.1, -0.05) is 72.8 Å². The van der Waals surface area contributed by atoms with Gasteiger partial charge in [0.25, 0.3) is 0 Å². The first-order valence-corrected chi connectivity index (χ1v) is 8.56. The van der Waals surface area contributed by atoms with Gasteiger partial charge in [0.05, 0.1) is 0 Å². The molecule has 0 unspecified atom stereocenters. The maximum atomic E-state index is 12.7. The summed E-state index contributed by atoms with van der Waals surface area (Å²) >= 11 is 0. The molecule has 3 nitrogen and oxygen atoms in total. The van der Waals surface area contributed by atoms with E-state index in [1.807, 2.05) is 93.6 Å². The van der Waals surface area contributed by atoms with Crippen LogP contribution in [0.15, 0.2) is 66.7 Å². The molecule has 2 N–H and O–H groups in total. The molecule has 0 spiro atoms. The normalized spacial score (nSPS) is 14.2. The van der Waals surface area contributed by atoms with Crippen molar-refractivity contribution in [1.82, 2.24) is 0 Å². The third kappa shape index (κ3) is 6.20. The minimum atomic E-state index is -1.10. The zero-order valence-corrected chi connectivity index (χ0v) is 15.2. The summed E-state index contributed by atoms with van der Waals surface area (Å²) in [6, 6.07) is 19.8. The zero-order chi connectivity index (χ0) is 18.3. The Morgan fingerprint density at radius 2 is 1.56 bits per heavy atom. The van der Waals surface area contributed by atoms with E-state index in [0.717, 1.165) is 11.1 Å². The zero-order valence-electron chi connectivity index (χ0n) is 15.2. The number of carbonyl (C=O) groups excluding carboxylic acids is 1. The molecular weight excluding hydrogens is 310 g/mol. The predicted molar refractivity (Wildman–Crippen MR) is 103 cm³/mol. The molecular formula is C22H27NO2. The lowest BCUT2D eigenvalue weighted by molar-refractivity contribution is -0.161. The molecule has 0 fully saturated rings. The highest BCUT2D eigenvalue weighted by Gasteiger charge is 2.37. The number of esters is 1. The largest absolute Gasteiger partial charge is 0.459 e. The molecule has 2 aromatic rings. The van der Waals surface area contributed by atoms with Gasteiger partial charge >= 0.3 is 5.97 Å². The van der Waals surface area contributed by atoms with Gasteiger partial charge in [-0.05, 0) is 38.3 Å². The summed E-state index contributed by atoms with van der Waals surface area (Å²) < 4.78 is 5.58. The molecule has 132 valence electrons. The van der Waals surface area contributed by atoms with Crippen molar-refractivity contribution < 1.29 is 9.53 Å². The van der Waals surface area contributed by atoms with Gasteiger partial charge in [-0.3, -0.25) is 4.79 Å². The Balaban J connectivity index is 2.18. The fourth-order valence-corrected chi connectivity index (χ4v) is 2.54. The van der Waals surface area contributed by atoms with Crippen LogP contribution in [0.4, 0.5) is 0 Å². The summed E-state index contributed by atoms with van der Waals surface area (Å²) in [4.78, 5) is 12.7. The van der Waals surface area contributed by atoms with Crippen LogP contribution in [0.5, 0.6) is 0 Å². The van der Waals surface area contributed by atoms with E-state index in [2.05, 4.69) is 0 Å². The first kappa shape index (κ1) is 18.9. The Morgan fingerprint density at radius 3 is 2.12 bits per heavy atom. The Kier molecular flexibility index (Phi) is 6.16. The third-order valence-electron chi connectivity index (χ3n) is 3.76. The van der Waals surface area contributed by atoms with E-state index >= 15 is 0 Å². The van der Waals surface area contributed by atoms with E-state index in [9.17, 15) is 4.79 Å². The maximum Gasteiger partial charge on any atom is 0.327 e. The molecule has 1 atom stereocenters. The Bertz CT molecular complexity index is 702. The predicted octanol–water partition coefficient (Wildman–Crippen LogP) is 4.37. The van der Waals surface area contributed by atoms with Crippen LogP contribution in [-0.4, -0.2) is 17.1 Å². The molecule has 0 aliphatic heterocycles. The second-order valence-corrected chi connectivity index (χ2v) is 7.34. The van der Waals surface area contributed by atoms with Crippen molar-refractivity contribution in [1.29, 1.82) is 0 Å². The molecule has 0 saturated heterocycles. The number of rotatable bonds is 6. The average Bonchev–Trinajstić information content (AvgIpc) is 2.55. The van der Waals surface area contributed by atoms with Gasteiger partial charge in [0.2, 0.25) is 0 Å². The number of hydrogen-bond donors (Lipinski definition) is 1. The molecule has 0 aromatic heterocycles.